The average molecular weight is 324 g/mol. The Morgan fingerprint density at radius 2 is 2.32 bits per heavy atom. The lowest BCUT2D eigenvalue weighted by molar-refractivity contribution is -0.119. The molecule has 0 saturated carbocycles. The molecule has 2 aromatic rings. The molecule has 0 spiro atoms. The summed E-state index contributed by atoms with van der Waals surface area (Å²) in [6.07, 6.45) is 2.79. The molecule has 1 saturated heterocycles. The van der Waals surface area contributed by atoms with E-state index >= 15 is 0 Å². The summed E-state index contributed by atoms with van der Waals surface area (Å²) in [6, 6.07) is 5.84. The van der Waals surface area contributed by atoms with Gasteiger partial charge in [-0.15, -0.1) is 0 Å². The first-order valence-corrected chi connectivity index (χ1v) is 7.06. The van der Waals surface area contributed by atoms with E-state index in [1.54, 1.807) is 0 Å². The van der Waals surface area contributed by atoms with Crippen LogP contribution in [0, 0.1) is 0 Å². The van der Waals surface area contributed by atoms with Crippen LogP contribution in [0.4, 0.5) is 6.01 Å². The summed E-state index contributed by atoms with van der Waals surface area (Å²) in [4.78, 5) is 17.8. The van der Waals surface area contributed by atoms with E-state index in [2.05, 4.69) is 20.9 Å². The number of benzene rings is 1. The van der Waals surface area contributed by atoms with Gasteiger partial charge < -0.3 is 15.1 Å². The molecule has 1 aliphatic rings. The number of amides is 1. The fourth-order valence-electron chi connectivity index (χ4n) is 2.47. The third-order valence-electron chi connectivity index (χ3n) is 3.42. The molecule has 6 heteroatoms. The predicted octanol–water partition coefficient (Wildman–Crippen LogP) is 2.43. The molecule has 0 radical (unpaired) electrons. The number of anilines is 1. The molecule has 2 heterocycles. The van der Waals surface area contributed by atoms with Gasteiger partial charge in [0.05, 0.1) is 0 Å². The Hall–Kier alpha value is -1.56. The van der Waals surface area contributed by atoms with E-state index in [0.29, 0.717) is 11.6 Å². The zero-order chi connectivity index (χ0) is 13.4. The number of hydrogen-bond donors (Lipinski definition) is 1. The van der Waals surface area contributed by atoms with E-state index in [4.69, 9.17) is 10.2 Å². The van der Waals surface area contributed by atoms with Crippen molar-refractivity contribution < 1.29 is 9.21 Å². The Kier molecular flexibility index (Phi) is 3.18. The normalized spacial score (nSPS) is 19.8. The van der Waals surface area contributed by atoms with Crippen LogP contribution in [-0.4, -0.2) is 23.5 Å². The van der Waals surface area contributed by atoms with Gasteiger partial charge in [0.25, 0.3) is 6.01 Å². The van der Waals surface area contributed by atoms with Crippen molar-refractivity contribution in [1.29, 1.82) is 0 Å². The molecule has 19 heavy (non-hydrogen) atoms. The van der Waals surface area contributed by atoms with Crippen molar-refractivity contribution in [1.82, 2.24) is 4.98 Å². The highest BCUT2D eigenvalue weighted by atomic mass is 79.9. The Bertz CT molecular complexity index is 625. The summed E-state index contributed by atoms with van der Waals surface area (Å²) < 4.78 is 6.68. The Morgan fingerprint density at radius 3 is 3.11 bits per heavy atom. The van der Waals surface area contributed by atoms with Crippen molar-refractivity contribution >= 4 is 39.0 Å². The molecule has 1 atom stereocenters. The molecular formula is C13H14BrN3O2. The molecule has 1 amide bonds. The number of fused-ring (bicyclic) bond motifs is 1. The Labute approximate surface area is 118 Å². The van der Waals surface area contributed by atoms with Gasteiger partial charge in [0, 0.05) is 11.0 Å². The third kappa shape index (κ3) is 2.32. The highest BCUT2D eigenvalue weighted by Crippen LogP contribution is 2.29. The van der Waals surface area contributed by atoms with Crippen LogP contribution in [0.5, 0.6) is 0 Å². The van der Waals surface area contributed by atoms with Crippen LogP contribution in [0.15, 0.2) is 27.1 Å². The van der Waals surface area contributed by atoms with Gasteiger partial charge in [-0.25, -0.2) is 0 Å². The van der Waals surface area contributed by atoms with Gasteiger partial charge in [-0.05, 0) is 37.5 Å². The van der Waals surface area contributed by atoms with Gasteiger partial charge in [-0.2, -0.15) is 4.98 Å². The maximum atomic E-state index is 11.5. The molecule has 3 rings (SSSR count). The summed E-state index contributed by atoms with van der Waals surface area (Å²) in [5.41, 5.74) is 6.95. The third-order valence-corrected chi connectivity index (χ3v) is 3.91. The molecule has 1 aromatic carbocycles. The highest BCUT2D eigenvalue weighted by Gasteiger charge is 2.30. The smallest absolute Gasteiger partial charge is 0.299 e. The number of hydrogen-bond acceptors (Lipinski definition) is 4. The van der Waals surface area contributed by atoms with Crippen LogP contribution in [0.25, 0.3) is 11.1 Å². The zero-order valence-corrected chi connectivity index (χ0v) is 11.9. The lowest BCUT2D eigenvalue weighted by Gasteiger charge is -2.32. The minimum absolute atomic E-state index is 0.315. The first-order valence-electron chi connectivity index (χ1n) is 6.27. The first-order chi connectivity index (χ1) is 9.15. The molecule has 1 fully saturated rings. The molecule has 0 aliphatic carbocycles. The second-order valence-corrected chi connectivity index (χ2v) is 5.63. The van der Waals surface area contributed by atoms with Crippen LogP contribution in [0.1, 0.15) is 19.3 Å². The van der Waals surface area contributed by atoms with E-state index in [1.807, 2.05) is 23.1 Å². The second kappa shape index (κ2) is 4.85. The van der Waals surface area contributed by atoms with Crippen LogP contribution in [0.2, 0.25) is 0 Å². The van der Waals surface area contributed by atoms with Crippen molar-refractivity contribution in [3.8, 4) is 0 Å². The molecule has 0 bridgehead atoms. The van der Waals surface area contributed by atoms with Crippen LogP contribution in [-0.2, 0) is 4.79 Å². The van der Waals surface area contributed by atoms with Gasteiger partial charge in [0.1, 0.15) is 11.6 Å². The van der Waals surface area contributed by atoms with E-state index in [1.165, 1.54) is 0 Å². The maximum absolute atomic E-state index is 11.5. The average Bonchev–Trinajstić information content (AvgIpc) is 2.81. The quantitative estimate of drug-likeness (QED) is 0.921. The van der Waals surface area contributed by atoms with E-state index in [9.17, 15) is 4.79 Å². The predicted molar refractivity (Wildman–Crippen MR) is 75.9 cm³/mol. The second-order valence-electron chi connectivity index (χ2n) is 4.72. The summed E-state index contributed by atoms with van der Waals surface area (Å²) in [5.74, 6) is -0.317. The van der Waals surface area contributed by atoms with Gasteiger partial charge in [0.2, 0.25) is 5.91 Å². The van der Waals surface area contributed by atoms with E-state index < -0.39 is 0 Å². The van der Waals surface area contributed by atoms with Crippen molar-refractivity contribution in [2.45, 2.75) is 25.3 Å². The molecule has 100 valence electrons. The number of nitrogens with zero attached hydrogens (tertiary/aromatic N) is 2. The minimum Gasteiger partial charge on any atom is -0.423 e. The SMILES string of the molecule is NC(=O)C1CCCCN1c1nc2ccc(Br)cc2o1. The van der Waals surface area contributed by atoms with Gasteiger partial charge in [-0.3, -0.25) is 4.79 Å². The molecule has 2 N–H and O–H groups in total. The number of primary amides is 1. The van der Waals surface area contributed by atoms with Crippen LogP contribution >= 0.6 is 15.9 Å². The Morgan fingerprint density at radius 1 is 1.47 bits per heavy atom. The van der Waals surface area contributed by atoms with Crippen molar-refractivity contribution in [3.63, 3.8) is 0 Å². The fraction of sp³-hybridized carbons (Fsp3) is 0.385. The molecule has 1 aromatic heterocycles. The number of carbonyl (C=O) groups excluding carboxylic acids is 1. The molecule has 1 unspecified atom stereocenters. The van der Waals surface area contributed by atoms with Crippen LogP contribution < -0.4 is 10.6 Å². The topological polar surface area (TPSA) is 72.4 Å². The lowest BCUT2D eigenvalue weighted by Crippen LogP contribution is -2.48. The highest BCUT2D eigenvalue weighted by molar-refractivity contribution is 9.10. The van der Waals surface area contributed by atoms with Crippen molar-refractivity contribution in [3.05, 3.63) is 22.7 Å². The standard InChI is InChI=1S/C13H14BrN3O2/c14-8-4-5-9-11(7-8)19-13(16-9)17-6-2-1-3-10(17)12(15)18/h4-5,7,10H,1-3,6H2,(H2,15,18). The van der Waals surface area contributed by atoms with Gasteiger partial charge in [0.15, 0.2) is 5.58 Å². The number of aromatic nitrogens is 1. The number of nitrogens with two attached hydrogens (primary N) is 1. The van der Waals surface area contributed by atoms with E-state index in [0.717, 1.165) is 35.8 Å². The minimum atomic E-state index is -0.317. The zero-order valence-electron chi connectivity index (χ0n) is 10.3. The summed E-state index contributed by atoms with van der Waals surface area (Å²) in [7, 11) is 0. The number of oxazole rings is 1. The molecule has 5 nitrogen and oxygen atoms in total. The Balaban J connectivity index is 1.99. The van der Waals surface area contributed by atoms with Crippen molar-refractivity contribution in [2.75, 3.05) is 11.4 Å². The maximum Gasteiger partial charge on any atom is 0.299 e. The number of piperidine rings is 1. The molecular weight excluding hydrogens is 310 g/mol. The van der Waals surface area contributed by atoms with Gasteiger partial charge in [-0.1, -0.05) is 15.9 Å². The summed E-state index contributed by atoms with van der Waals surface area (Å²) in [5, 5.41) is 0. The summed E-state index contributed by atoms with van der Waals surface area (Å²) >= 11 is 3.40. The number of carbonyl (C=O) groups is 1. The van der Waals surface area contributed by atoms with Crippen LogP contribution in [0.3, 0.4) is 0 Å². The number of halogens is 1. The number of rotatable bonds is 2. The summed E-state index contributed by atoms with van der Waals surface area (Å²) in [6.45, 7) is 0.752. The lowest BCUT2D eigenvalue weighted by atomic mass is 10.0. The first kappa shape index (κ1) is 12.5. The fourth-order valence-corrected chi connectivity index (χ4v) is 2.81. The van der Waals surface area contributed by atoms with Gasteiger partial charge >= 0.3 is 0 Å². The monoisotopic (exact) mass is 323 g/mol. The molecule has 1 aliphatic heterocycles. The van der Waals surface area contributed by atoms with E-state index in [-0.39, 0.29) is 11.9 Å². The van der Waals surface area contributed by atoms with Crippen molar-refractivity contribution in [2.24, 2.45) is 5.73 Å². The largest absolute Gasteiger partial charge is 0.423 e.